The first-order valence-electron chi connectivity index (χ1n) is 8.92. The highest BCUT2D eigenvalue weighted by atomic mass is 15.4. The first kappa shape index (κ1) is 15.7. The molecule has 1 fully saturated rings. The van der Waals surface area contributed by atoms with Gasteiger partial charge in [-0.2, -0.15) is 9.61 Å². The minimum absolute atomic E-state index is 0.757. The van der Waals surface area contributed by atoms with Crippen molar-refractivity contribution in [2.24, 2.45) is 0 Å². The van der Waals surface area contributed by atoms with E-state index in [2.05, 4.69) is 36.3 Å². The second-order valence-electron chi connectivity index (χ2n) is 6.62. The third-order valence-electron chi connectivity index (χ3n) is 4.74. The molecule has 136 valence electrons. The summed E-state index contributed by atoms with van der Waals surface area (Å²) in [6.07, 6.45) is 5.45. The third kappa shape index (κ3) is 2.97. The van der Waals surface area contributed by atoms with Crippen LogP contribution in [0, 0.1) is 6.92 Å². The Morgan fingerprint density at radius 1 is 0.889 bits per heavy atom. The lowest BCUT2D eigenvalue weighted by Crippen LogP contribution is -2.47. The SMILES string of the molecule is Cc1cnn(-c2cccc(N3CCN(c4ccc5nncn5n4)CC3)n2)c1. The molecule has 0 bridgehead atoms. The van der Waals surface area contributed by atoms with Gasteiger partial charge in [0.05, 0.1) is 6.20 Å². The van der Waals surface area contributed by atoms with E-state index in [1.807, 2.05) is 48.3 Å². The molecule has 9 nitrogen and oxygen atoms in total. The molecule has 4 aromatic heterocycles. The molecule has 9 heteroatoms. The summed E-state index contributed by atoms with van der Waals surface area (Å²) in [5, 5.41) is 16.8. The molecule has 1 saturated heterocycles. The molecule has 5 rings (SSSR count). The van der Waals surface area contributed by atoms with Gasteiger partial charge < -0.3 is 9.80 Å². The van der Waals surface area contributed by atoms with Crippen molar-refractivity contribution in [3.05, 3.63) is 54.6 Å². The molecule has 0 radical (unpaired) electrons. The van der Waals surface area contributed by atoms with Crippen molar-refractivity contribution in [1.29, 1.82) is 0 Å². The fourth-order valence-corrected chi connectivity index (χ4v) is 3.31. The van der Waals surface area contributed by atoms with Crippen LogP contribution in [0.1, 0.15) is 5.56 Å². The van der Waals surface area contributed by atoms with Crippen LogP contribution in [0.25, 0.3) is 11.5 Å². The zero-order chi connectivity index (χ0) is 18.2. The molecule has 0 spiro atoms. The fourth-order valence-electron chi connectivity index (χ4n) is 3.31. The molecule has 0 aromatic carbocycles. The molecule has 0 atom stereocenters. The van der Waals surface area contributed by atoms with Crippen molar-refractivity contribution < 1.29 is 0 Å². The third-order valence-corrected chi connectivity index (χ3v) is 4.74. The molecule has 0 amide bonds. The Kier molecular flexibility index (Phi) is 3.70. The molecule has 5 heterocycles. The number of aromatic nitrogens is 7. The summed E-state index contributed by atoms with van der Waals surface area (Å²) in [6.45, 7) is 5.56. The van der Waals surface area contributed by atoms with E-state index in [9.17, 15) is 0 Å². The zero-order valence-corrected chi connectivity index (χ0v) is 15.0. The summed E-state index contributed by atoms with van der Waals surface area (Å²) >= 11 is 0. The molecule has 1 aliphatic heterocycles. The molecule has 0 N–H and O–H groups in total. The molecule has 4 aromatic rings. The van der Waals surface area contributed by atoms with Gasteiger partial charge in [0.25, 0.3) is 0 Å². The van der Waals surface area contributed by atoms with Crippen LogP contribution in [0.4, 0.5) is 11.6 Å². The minimum Gasteiger partial charge on any atom is -0.353 e. The number of pyridine rings is 1. The van der Waals surface area contributed by atoms with Gasteiger partial charge in [0.1, 0.15) is 18.0 Å². The van der Waals surface area contributed by atoms with E-state index in [1.165, 1.54) is 0 Å². The van der Waals surface area contributed by atoms with E-state index in [0.29, 0.717) is 0 Å². The van der Waals surface area contributed by atoms with Crippen molar-refractivity contribution in [2.75, 3.05) is 36.0 Å². The number of piperazine rings is 1. The summed E-state index contributed by atoms with van der Waals surface area (Å²) in [5.41, 5.74) is 1.88. The minimum atomic E-state index is 0.757. The van der Waals surface area contributed by atoms with Crippen LogP contribution in [0.3, 0.4) is 0 Å². The predicted octanol–water partition coefficient (Wildman–Crippen LogP) is 1.34. The molecular formula is C18H19N9. The highest BCUT2D eigenvalue weighted by molar-refractivity contribution is 5.48. The normalized spacial score (nSPS) is 14.9. The Morgan fingerprint density at radius 3 is 2.44 bits per heavy atom. The van der Waals surface area contributed by atoms with Crippen molar-refractivity contribution in [3.63, 3.8) is 0 Å². The van der Waals surface area contributed by atoms with Crippen LogP contribution < -0.4 is 9.80 Å². The van der Waals surface area contributed by atoms with Crippen LogP contribution in [-0.4, -0.2) is 60.8 Å². The van der Waals surface area contributed by atoms with E-state index in [4.69, 9.17) is 4.98 Å². The van der Waals surface area contributed by atoms with Gasteiger partial charge in [-0.3, -0.25) is 0 Å². The largest absolute Gasteiger partial charge is 0.353 e. The standard InChI is InChI=1S/C18H19N9/c1-14-11-20-26(12-14)16-4-2-3-15(21-16)24-7-9-25(10-8-24)18-6-5-17-22-19-13-27(17)23-18/h2-6,11-13H,7-10H2,1H3. The van der Waals surface area contributed by atoms with E-state index in [-0.39, 0.29) is 0 Å². The number of aryl methyl sites for hydroxylation is 1. The maximum Gasteiger partial charge on any atom is 0.177 e. The van der Waals surface area contributed by atoms with Crippen molar-refractivity contribution in [2.45, 2.75) is 6.92 Å². The summed E-state index contributed by atoms with van der Waals surface area (Å²) in [7, 11) is 0. The van der Waals surface area contributed by atoms with Crippen molar-refractivity contribution >= 4 is 17.3 Å². The average molecular weight is 361 g/mol. The molecule has 0 saturated carbocycles. The first-order chi connectivity index (χ1) is 13.3. The van der Waals surface area contributed by atoms with Gasteiger partial charge >= 0.3 is 0 Å². The summed E-state index contributed by atoms with van der Waals surface area (Å²) in [5.74, 6) is 2.75. The van der Waals surface area contributed by atoms with Gasteiger partial charge in [0, 0.05) is 32.4 Å². The van der Waals surface area contributed by atoms with E-state index in [0.717, 1.165) is 54.8 Å². The van der Waals surface area contributed by atoms with E-state index >= 15 is 0 Å². The smallest absolute Gasteiger partial charge is 0.177 e. The topological polar surface area (TPSA) is 80.3 Å². The number of fused-ring (bicyclic) bond motifs is 1. The number of anilines is 2. The summed E-state index contributed by atoms with van der Waals surface area (Å²) < 4.78 is 3.52. The second-order valence-corrected chi connectivity index (χ2v) is 6.62. The maximum atomic E-state index is 4.78. The highest BCUT2D eigenvalue weighted by Crippen LogP contribution is 2.19. The van der Waals surface area contributed by atoms with Crippen LogP contribution in [0.2, 0.25) is 0 Å². The number of hydrogen-bond donors (Lipinski definition) is 0. The summed E-state index contributed by atoms with van der Waals surface area (Å²) in [6, 6.07) is 10.0. The Labute approximate surface area is 155 Å². The summed E-state index contributed by atoms with van der Waals surface area (Å²) in [4.78, 5) is 9.36. The Hall–Kier alpha value is -3.49. The van der Waals surface area contributed by atoms with Gasteiger partial charge in [-0.15, -0.1) is 15.3 Å². The second kappa shape index (κ2) is 6.35. The lowest BCUT2D eigenvalue weighted by molar-refractivity contribution is 0.635. The van der Waals surface area contributed by atoms with Gasteiger partial charge in [0.15, 0.2) is 11.5 Å². The molecule has 1 aliphatic rings. The molecule has 27 heavy (non-hydrogen) atoms. The number of nitrogens with zero attached hydrogens (tertiary/aromatic N) is 9. The predicted molar refractivity (Wildman–Crippen MR) is 101 cm³/mol. The number of rotatable bonds is 3. The van der Waals surface area contributed by atoms with Crippen molar-refractivity contribution in [3.8, 4) is 5.82 Å². The van der Waals surface area contributed by atoms with E-state index in [1.54, 1.807) is 10.8 Å². The molecular weight excluding hydrogens is 342 g/mol. The molecule has 0 unspecified atom stereocenters. The van der Waals surface area contributed by atoms with Gasteiger partial charge in [0.2, 0.25) is 0 Å². The van der Waals surface area contributed by atoms with Crippen LogP contribution in [0.15, 0.2) is 49.1 Å². The zero-order valence-electron chi connectivity index (χ0n) is 15.0. The van der Waals surface area contributed by atoms with Crippen molar-refractivity contribution in [1.82, 2.24) is 34.6 Å². The highest BCUT2D eigenvalue weighted by Gasteiger charge is 2.20. The van der Waals surface area contributed by atoms with Gasteiger partial charge in [-0.25, -0.2) is 9.67 Å². The van der Waals surface area contributed by atoms with Gasteiger partial charge in [-0.1, -0.05) is 6.07 Å². The molecule has 0 aliphatic carbocycles. The lowest BCUT2D eigenvalue weighted by atomic mass is 10.3. The number of hydrogen-bond acceptors (Lipinski definition) is 7. The quantitative estimate of drug-likeness (QED) is 0.545. The Balaban J connectivity index is 1.31. The van der Waals surface area contributed by atoms with Crippen LogP contribution >= 0.6 is 0 Å². The van der Waals surface area contributed by atoms with Crippen LogP contribution in [-0.2, 0) is 0 Å². The van der Waals surface area contributed by atoms with E-state index < -0.39 is 0 Å². The lowest BCUT2D eigenvalue weighted by Gasteiger charge is -2.36. The fraction of sp³-hybridized carbons (Fsp3) is 0.278. The van der Waals surface area contributed by atoms with Crippen LogP contribution in [0.5, 0.6) is 0 Å². The Morgan fingerprint density at radius 2 is 1.67 bits per heavy atom. The maximum absolute atomic E-state index is 4.78. The average Bonchev–Trinajstić information content (AvgIpc) is 3.36. The van der Waals surface area contributed by atoms with Gasteiger partial charge in [-0.05, 0) is 36.8 Å². The Bertz CT molecular complexity index is 1080. The monoisotopic (exact) mass is 361 g/mol. The first-order valence-corrected chi connectivity index (χ1v) is 8.92.